The van der Waals surface area contributed by atoms with Gasteiger partial charge in [-0.2, -0.15) is 0 Å². The number of fused-ring (bicyclic) bond motifs is 2. The first-order chi connectivity index (χ1) is 14.1. The number of amides is 1. The molecule has 2 aliphatic heterocycles. The van der Waals surface area contributed by atoms with E-state index in [-0.39, 0.29) is 24.4 Å². The lowest BCUT2D eigenvalue weighted by Crippen LogP contribution is -2.57. The highest BCUT2D eigenvalue weighted by molar-refractivity contribution is 5.81. The minimum absolute atomic E-state index is 0.0769. The number of piperazine rings is 1. The summed E-state index contributed by atoms with van der Waals surface area (Å²) in [7, 11) is 1.26. The molecule has 166 valence electrons. The monoisotopic (exact) mass is 423 g/mol. The maximum Gasteiger partial charge on any atom is 0.408 e. The van der Waals surface area contributed by atoms with E-state index >= 15 is 0 Å². The molecule has 1 aromatic rings. The molecule has 8 nitrogen and oxygen atoms in total. The third-order valence-electron chi connectivity index (χ3n) is 5.43. The molecular formula is C21H30FN3O5. The molecule has 2 saturated heterocycles. The average molecular weight is 423 g/mol. The number of carbonyl (C=O) groups is 2. The summed E-state index contributed by atoms with van der Waals surface area (Å²) in [6, 6.07) is 5.33. The lowest BCUT2D eigenvalue weighted by Gasteiger charge is -2.39. The number of likely N-dealkylation sites (tertiary alicyclic amines) is 2. The van der Waals surface area contributed by atoms with Gasteiger partial charge >= 0.3 is 12.1 Å². The van der Waals surface area contributed by atoms with Crippen molar-refractivity contribution in [2.75, 3.05) is 20.2 Å². The molecule has 1 aromatic carbocycles. The molecule has 4 atom stereocenters. The normalized spacial score (nSPS) is 25.2. The topological polar surface area (TPSA) is 91.3 Å². The van der Waals surface area contributed by atoms with Crippen LogP contribution in [0.1, 0.15) is 32.8 Å². The van der Waals surface area contributed by atoms with Crippen LogP contribution in [0.15, 0.2) is 24.3 Å². The predicted molar refractivity (Wildman–Crippen MR) is 107 cm³/mol. The van der Waals surface area contributed by atoms with Crippen molar-refractivity contribution in [3.63, 3.8) is 0 Å². The van der Waals surface area contributed by atoms with Crippen LogP contribution in [0.2, 0.25) is 0 Å². The Balaban J connectivity index is 1.62. The van der Waals surface area contributed by atoms with Crippen LogP contribution in [0, 0.1) is 5.82 Å². The number of halogens is 1. The largest absolute Gasteiger partial charge is 0.467 e. The van der Waals surface area contributed by atoms with Gasteiger partial charge in [0.05, 0.1) is 13.2 Å². The van der Waals surface area contributed by atoms with Gasteiger partial charge in [-0.05, 0) is 44.9 Å². The highest BCUT2D eigenvalue weighted by Gasteiger charge is 2.50. The Labute approximate surface area is 175 Å². The Morgan fingerprint density at radius 2 is 2.10 bits per heavy atom. The lowest BCUT2D eigenvalue weighted by atomic mass is 10.1. The summed E-state index contributed by atoms with van der Waals surface area (Å²) in [6.07, 6.45) is -0.709. The number of rotatable bonds is 6. The zero-order valence-corrected chi connectivity index (χ0v) is 17.8. The van der Waals surface area contributed by atoms with Gasteiger partial charge in [0.1, 0.15) is 23.7 Å². The van der Waals surface area contributed by atoms with Crippen LogP contribution in [0.4, 0.5) is 9.18 Å². The van der Waals surface area contributed by atoms with E-state index in [2.05, 4.69) is 5.32 Å². The van der Waals surface area contributed by atoms with E-state index in [9.17, 15) is 19.1 Å². The first kappa shape index (κ1) is 22.5. The Kier molecular flexibility index (Phi) is 6.64. The van der Waals surface area contributed by atoms with Gasteiger partial charge in [-0.3, -0.25) is 9.80 Å². The van der Waals surface area contributed by atoms with Gasteiger partial charge in [-0.15, -0.1) is 0 Å². The minimum atomic E-state index is -0.909. The molecule has 0 radical (unpaired) electrons. The smallest absolute Gasteiger partial charge is 0.408 e. The van der Waals surface area contributed by atoms with E-state index in [1.165, 1.54) is 19.2 Å². The number of ether oxygens (including phenoxy) is 2. The van der Waals surface area contributed by atoms with Crippen molar-refractivity contribution in [1.29, 1.82) is 0 Å². The summed E-state index contributed by atoms with van der Waals surface area (Å²) in [5, 5.41) is 13.4. The fourth-order valence-corrected chi connectivity index (χ4v) is 4.18. The second-order valence-corrected chi connectivity index (χ2v) is 8.85. The molecule has 2 heterocycles. The molecular weight excluding hydrogens is 393 g/mol. The summed E-state index contributed by atoms with van der Waals surface area (Å²) >= 11 is 0. The van der Waals surface area contributed by atoms with Crippen molar-refractivity contribution in [2.24, 2.45) is 0 Å². The number of esters is 1. The molecule has 2 aliphatic rings. The van der Waals surface area contributed by atoms with Crippen LogP contribution in [0.5, 0.6) is 0 Å². The Bertz CT molecular complexity index is 782. The molecule has 2 unspecified atom stereocenters. The molecule has 0 saturated carbocycles. The van der Waals surface area contributed by atoms with Crippen LogP contribution in [0.25, 0.3) is 0 Å². The average Bonchev–Trinajstić information content (AvgIpc) is 3.18. The van der Waals surface area contributed by atoms with Crippen LogP contribution >= 0.6 is 0 Å². The Morgan fingerprint density at radius 1 is 1.37 bits per heavy atom. The van der Waals surface area contributed by atoms with Crippen molar-refractivity contribution in [3.05, 3.63) is 35.6 Å². The number of benzene rings is 1. The summed E-state index contributed by atoms with van der Waals surface area (Å²) in [5.41, 5.74) is 0.109. The number of aliphatic hydroxyl groups excluding tert-OH is 1. The van der Waals surface area contributed by atoms with E-state index in [4.69, 9.17) is 9.47 Å². The maximum absolute atomic E-state index is 13.5. The van der Waals surface area contributed by atoms with Crippen molar-refractivity contribution >= 4 is 12.1 Å². The zero-order chi connectivity index (χ0) is 22.1. The highest BCUT2D eigenvalue weighted by atomic mass is 19.1. The standard InChI is InChI=1S/C21H30FN3O5/c1-21(2,3)30-20(28)23-16(19(27)29-4)12-24-11-15-9-17(24)18(26)25(15)10-13-6-5-7-14(22)8-13/h5-8,15-18,26H,9-12H2,1-4H3,(H,23,28)/t15-,16?,17-,18?/m0/s1. The second-order valence-electron chi connectivity index (χ2n) is 8.85. The number of carbonyl (C=O) groups excluding carboxylic acids is 2. The van der Waals surface area contributed by atoms with Gasteiger partial charge < -0.3 is 19.9 Å². The van der Waals surface area contributed by atoms with Crippen LogP contribution in [-0.2, 0) is 20.8 Å². The molecule has 0 spiro atoms. The molecule has 2 N–H and O–H groups in total. The summed E-state index contributed by atoms with van der Waals surface area (Å²) in [5.74, 6) is -0.878. The minimum Gasteiger partial charge on any atom is -0.467 e. The molecule has 1 amide bonds. The zero-order valence-electron chi connectivity index (χ0n) is 17.8. The van der Waals surface area contributed by atoms with Crippen LogP contribution in [0.3, 0.4) is 0 Å². The Morgan fingerprint density at radius 3 is 2.70 bits per heavy atom. The van der Waals surface area contributed by atoms with E-state index in [1.807, 2.05) is 15.9 Å². The third kappa shape index (κ3) is 5.27. The fourth-order valence-electron chi connectivity index (χ4n) is 4.18. The van der Waals surface area contributed by atoms with E-state index in [0.29, 0.717) is 13.1 Å². The van der Waals surface area contributed by atoms with Crippen molar-refractivity contribution in [1.82, 2.24) is 15.1 Å². The van der Waals surface area contributed by atoms with Crippen LogP contribution < -0.4 is 5.32 Å². The van der Waals surface area contributed by atoms with Gasteiger partial charge in [0.25, 0.3) is 0 Å². The number of aliphatic hydroxyl groups is 1. The van der Waals surface area contributed by atoms with Gasteiger partial charge in [-0.1, -0.05) is 12.1 Å². The molecule has 3 rings (SSSR count). The van der Waals surface area contributed by atoms with Crippen molar-refractivity contribution < 1.29 is 28.6 Å². The lowest BCUT2D eigenvalue weighted by molar-refractivity contribution is -0.144. The number of nitrogens with one attached hydrogen (secondary N) is 1. The fraction of sp³-hybridized carbons (Fsp3) is 0.619. The number of hydrogen-bond donors (Lipinski definition) is 2. The first-order valence-corrected chi connectivity index (χ1v) is 10.1. The van der Waals surface area contributed by atoms with E-state index in [1.54, 1.807) is 26.8 Å². The molecule has 0 aliphatic carbocycles. The number of hydrogen-bond acceptors (Lipinski definition) is 7. The quantitative estimate of drug-likeness (QED) is 0.670. The van der Waals surface area contributed by atoms with Gasteiger partial charge in [0.15, 0.2) is 0 Å². The number of nitrogens with zero attached hydrogens (tertiary/aromatic N) is 2. The van der Waals surface area contributed by atoms with E-state index in [0.717, 1.165) is 12.0 Å². The van der Waals surface area contributed by atoms with Gasteiger partial charge in [0, 0.05) is 25.7 Å². The number of alkyl carbamates (subject to hydrolysis) is 1. The van der Waals surface area contributed by atoms with Crippen LogP contribution in [-0.4, -0.2) is 77.1 Å². The van der Waals surface area contributed by atoms with E-state index < -0.39 is 29.9 Å². The molecule has 9 heteroatoms. The molecule has 30 heavy (non-hydrogen) atoms. The Hall–Kier alpha value is -2.23. The second kappa shape index (κ2) is 8.87. The summed E-state index contributed by atoms with van der Waals surface area (Å²) < 4.78 is 23.5. The highest BCUT2D eigenvalue weighted by Crippen LogP contribution is 2.36. The van der Waals surface area contributed by atoms with Crippen molar-refractivity contribution in [3.8, 4) is 0 Å². The number of methoxy groups -OCH3 is 1. The molecule has 2 bridgehead atoms. The SMILES string of the molecule is COC(=O)C(CN1C[C@@H]2C[C@H]1C(O)N2Cc1cccc(F)c1)NC(=O)OC(C)(C)C. The summed E-state index contributed by atoms with van der Waals surface area (Å²) in [4.78, 5) is 28.3. The third-order valence-corrected chi connectivity index (χ3v) is 5.43. The maximum atomic E-state index is 13.5. The summed E-state index contributed by atoms with van der Waals surface area (Å²) in [6.45, 7) is 6.50. The first-order valence-electron chi connectivity index (χ1n) is 10.1. The van der Waals surface area contributed by atoms with Gasteiger partial charge in [-0.25, -0.2) is 14.0 Å². The van der Waals surface area contributed by atoms with Crippen molar-refractivity contribution in [2.45, 2.75) is 63.7 Å². The molecule has 2 fully saturated rings. The van der Waals surface area contributed by atoms with Gasteiger partial charge in [0.2, 0.25) is 0 Å². The predicted octanol–water partition coefficient (Wildman–Crippen LogP) is 1.47. The molecule has 0 aromatic heterocycles.